The standard InChI is InChI=1S/C12H11Cl2NO/c1-8(16)2-4-15-5-3-10-11(14)6-9(13)7-12(10)15/h3,5-7H,2,4H2,1H3. The molecule has 0 spiro atoms. The van der Waals surface area contributed by atoms with E-state index >= 15 is 0 Å². The van der Waals surface area contributed by atoms with Crippen molar-refractivity contribution in [1.29, 1.82) is 0 Å². The lowest BCUT2D eigenvalue weighted by Crippen LogP contribution is -2.00. The molecule has 0 aliphatic heterocycles. The molecule has 0 bridgehead atoms. The maximum atomic E-state index is 10.9. The first kappa shape index (κ1) is 11.5. The van der Waals surface area contributed by atoms with E-state index in [1.807, 2.05) is 22.9 Å². The average Bonchev–Trinajstić information content (AvgIpc) is 2.58. The summed E-state index contributed by atoms with van der Waals surface area (Å²) in [5.74, 6) is 0.176. The number of Topliss-reactive ketones (excluding diaryl/α,β-unsaturated/α-hetero) is 1. The van der Waals surface area contributed by atoms with Crippen molar-refractivity contribution in [1.82, 2.24) is 4.57 Å². The van der Waals surface area contributed by atoms with E-state index in [9.17, 15) is 4.79 Å². The van der Waals surface area contributed by atoms with E-state index in [4.69, 9.17) is 23.2 Å². The van der Waals surface area contributed by atoms with Gasteiger partial charge >= 0.3 is 0 Å². The van der Waals surface area contributed by atoms with Gasteiger partial charge in [0, 0.05) is 29.6 Å². The zero-order valence-electron chi connectivity index (χ0n) is 8.84. The van der Waals surface area contributed by atoms with E-state index < -0.39 is 0 Å². The van der Waals surface area contributed by atoms with E-state index in [0.29, 0.717) is 23.0 Å². The second kappa shape index (κ2) is 4.48. The summed E-state index contributed by atoms with van der Waals surface area (Å²) in [6, 6.07) is 5.53. The van der Waals surface area contributed by atoms with E-state index in [2.05, 4.69) is 0 Å². The summed E-state index contributed by atoms with van der Waals surface area (Å²) in [5, 5.41) is 2.22. The Morgan fingerprint density at radius 2 is 2.12 bits per heavy atom. The predicted molar refractivity (Wildman–Crippen MR) is 67.3 cm³/mol. The molecule has 0 saturated carbocycles. The first-order chi connectivity index (χ1) is 7.58. The van der Waals surface area contributed by atoms with E-state index in [1.165, 1.54) is 0 Å². The first-order valence-electron chi connectivity index (χ1n) is 5.01. The number of benzene rings is 1. The number of aryl methyl sites for hydroxylation is 1. The molecule has 0 atom stereocenters. The van der Waals surface area contributed by atoms with Crippen molar-refractivity contribution >= 4 is 39.9 Å². The molecule has 2 aromatic rings. The summed E-state index contributed by atoms with van der Waals surface area (Å²) < 4.78 is 1.99. The summed E-state index contributed by atoms with van der Waals surface area (Å²) in [4.78, 5) is 10.9. The molecule has 2 rings (SSSR count). The Hall–Kier alpha value is -0.990. The Labute approximate surface area is 104 Å². The van der Waals surface area contributed by atoms with Gasteiger partial charge < -0.3 is 4.57 Å². The molecule has 1 aromatic heterocycles. The number of ketones is 1. The third kappa shape index (κ3) is 2.23. The van der Waals surface area contributed by atoms with Crippen LogP contribution < -0.4 is 0 Å². The van der Waals surface area contributed by atoms with Crippen LogP contribution in [0, 0.1) is 0 Å². The van der Waals surface area contributed by atoms with Crippen molar-refractivity contribution in [3.63, 3.8) is 0 Å². The average molecular weight is 256 g/mol. The zero-order valence-corrected chi connectivity index (χ0v) is 10.3. The molecule has 0 N–H and O–H groups in total. The fraction of sp³-hybridized carbons (Fsp3) is 0.250. The molecule has 0 fully saturated rings. The quantitative estimate of drug-likeness (QED) is 0.815. The highest BCUT2D eigenvalue weighted by Gasteiger charge is 2.06. The second-order valence-electron chi connectivity index (χ2n) is 3.78. The molecule has 2 nitrogen and oxygen atoms in total. The smallest absolute Gasteiger partial charge is 0.131 e. The molecule has 84 valence electrons. The molecule has 16 heavy (non-hydrogen) atoms. The van der Waals surface area contributed by atoms with Gasteiger partial charge in [0.1, 0.15) is 5.78 Å². The highest BCUT2D eigenvalue weighted by atomic mass is 35.5. The Morgan fingerprint density at radius 3 is 2.81 bits per heavy atom. The minimum Gasteiger partial charge on any atom is -0.347 e. The summed E-state index contributed by atoms with van der Waals surface area (Å²) in [6.45, 7) is 2.25. The van der Waals surface area contributed by atoms with Crippen LogP contribution >= 0.6 is 23.2 Å². The predicted octanol–water partition coefficient (Wildman–Crippen LogP) is 3.93. The van der Waals surface area contributed by atoms with Crippen LogP contribution in [0.2, 0.25) is 10.0 Å². The van der Waals surface area contributed by atoms with Crippen molar-refractivity contribution < 1.29 is 4.79 Å². The molecule has 0 unspecified atom stereocenters. The lowest BCUT2D eigenvalue weighted by Gasteiger charge is -2.04. The third-order valence-corrected chi connectivity index (χ3v) is 3.04. The number of hydrogen-bond donors (Lipinski definition) is 0. The van der Waals surface area contributed by atoms with E-state index in [0.717, 1.165) is 10.9 Å². The number of aromatic nitrogens is 1. The molecule has 1 aromatic carbocycles. The van der Waals surface area contributed by atoms with Gasteiger partial charge in [0.05, 0.1) is 10.5 Å². The number of nitrogens with zero attached hydrogens (tertiary/aromatic N) is 1. The van der Waals surface area contributed by atoms with Crippen LogP contribution in [0.15, 0.2) is 24.4 Å². The summed E-state index contributed by atoms with van der Waals surface area (Å²) in [6.07, 6.45) is 2.45. The van der Waals surface area contributed by atoms with Crippen molar-refractivity contribution in [3.8, 4) is 0 Å². The number of halogens is 2. The van der Waals surface area contributed by atoms with Gasteiger partial charge in [-0.2, -0.15) is 0 Å². The first-order valence-corrected chi connectivity index (χ1v) is 5.77. The minimum atomic E-state index is 0.176. The normalized spacial score (nSPS) is 10.9. The van der Waals surface area contributed by atoms with Crippen LogP contribution in [0.5, 0.6) is 0 Å². The van der Waals surface area contributed by atoms with E-state index in [-0.39, 0.29) is 5.78 Å². The van der Waals surface area contributed by atoms with Gasteiger partial charge in [-0.05, 0) is 25.1 Å². The Morgan fingerprint density at radius 1 is 1.38 bits per heavy atom. The van der Waals surface area contributed by atoms with Crippen LogP contribution in [-0.4, -0.2) is 10.4 Å². The van der Waals surface area contributed by atoms with Gasteiger partial charge in [-0.1, -0.05) is 23.2 Å². The number of hydrogen-bond acceptors (Lipinski definition) is 1. The molecule has 0 radical (unpaired) electrons. The maximum Gasteiger partial charge on any atom is 0.131 e. The van der Waals surface area contributed by atoms with Crippen LogP contribution in [0.1, 0.15) is 13.3 Å². The van der Waals surface area contributed by atoms with Crippen molar-refractivity contribution in [2.24, 2.45) is 0 Å². The summed E-state index contributed by atoms with van der Waals surface area (Å²) in [7, 11) is 0. The highest BCUT2D eigenvalue weighted by Crippen LogP contribution is 2.28. The Kier molecular flexibility index (Phi) is 3.22. The number of carbonyl (C=O) groups excluding carboxylic acids is 1. The molecule has 0 aliphatic carbocycles. The van der Waals surface area contributed by atoms with Gasteiger partial charge in [-0.25, -0.2) is 0 Å². The highest BCUT2D eigenvalue weighted by molar-refractivity contribution is 6.38. The molecule has 4 heteroatoms. The Balaban J connectivity index is 2.43. The molecular weight excluding hydrogens is 245 g/mol. The second-order valence-corrected chi connectivity index (χ2v) is 4.63. The fourth-order valence-corrected chi connectivity index (χ4v) is 2.24. The van der Waals surface area contributed by atoms with Gasteiger partial charge in [-0.3, -0.25) is 4.79 Å². The largest absolute Gasteiger partial charge is 0.347 e. The van der Waals surface area contributed by atoms with Gasteiger partial charge in [-0.15, -0.1) is 0 Å². The SMILES string of the molecule is CC(=O)CCn1ccc2c(Cl)cc(Cl)cc21. The van der Waals surface area contributed by atoms with E-state index in [1.54, 1.807) is 13.0 Å². The molecule has 0 aliphatic rings. The van der Waals surface area contributed by atoms with Gasteiger partial charge in [0.25, 0.3) is 0 Å². The molecule has 0 amide bonds. The van der Waals surface area contributed by atoms with Crippen molar-refractivity contribution in [2.75, 3.05) is 0 Å². The lowest BCUT2D eigenvalue weighted by atomic mass is 10.2. The number of rotatable bonds is 3. The fourth-order valence-electron chi connectivity index (χ4n) is 1.69. The molecular formula is C12H11Cl2NO. The van der Waals surface area contributed by atoms with Crippen LogP contribution in [0.4, 0.5) is 0 Å². The molecule has 1 heterocycles. The topological polar surface area (TPSA) is 22.0 Å². The zero-order chi connectivity index (χ0) is 11.7. The monoisotopic (exact) mass is 255 g/mol. The third-order valence-electron chi connectivity index (χ3n) is 2.51. The van der Waals surface area contributed by atoms with Gasteiger partial charge in [0.2, 0.25) is 0 Å². The maximum absolute atomic E-state index is 10.9. The number of fused-ring (bicyclic) bond motifs is 1. The van der Waals surface area contributed by atoms with Crippen molar-refractivity contribution in [3.05, 3.63) is 34.4 Å². The summed E-state index contributed by atoms with van der Waals surface area (Å²) >= 11 is 12.0. The minimum absolute atomic E-state index is 0.176. The summed E-state index contributed by atoms with van der Waals surface area (Å²) in [5.41, 5.74) is 0.971. The van der Waals surface area contributed by atoms with Crippen LogP contribution in [0.25, 0.3) is 10.9 Å². The Bertz CT molecular complexity index is 545. The van der Waals surface area contributed by atoms with Crippen LogP contribution in [0.3, 0.4) is 0 Å². The van der Waals surface area contributed by atoms with Crippen molar-refractivity contribution in [2.45, 2.75) is 19.9 Å². The van der Waals surface area contributed by atoms with Crippen LogP contribution in [-0.2, 0) is 11.3 Å². The lowest BCUT2D eigenvalue weighted by molar-refractivity contribution is -0.117. The number of carbonyl (C=O) groups is 1. The molecule has 0 saturated heterocycles. The van der Waals surface area contributed by atoms with Gasteiger partial charge in [0.15, 0.2) is 0 Å².